The van der Waals surface area contributed by atoms with E-state index in [9.17, 15) is 4.79 Å². The van der Waals surface area contributed by atoms with Crippen LogP contribution in [0, 0.1) is 11.8 Å². The van der Waals surface area contributed by atoms with E-state index in [1.54, 1.807) is 6.07 Å². The Morgan fingerprint density at radius 3 is 2.90 bits per heavy atom. The summed E-state index contributed by atoms with van der Waals surface area (Å²) in [6.45, 7) is 8.02. The maximum absolute atomic E-state index is 12.3. The van der Waals surface area contributed by atoms with Crippen LogP contribution in [0.1, 0.15) is 13.8 Å². The molecule has 1 amide bonds. The highest BCUT2D eigenvalue weighted by Crippen LogP contribution is 2.40. The molecule has 1 aromatic carbocycles. The number of fused-ring (bicyclic) bond motifs is 1. The lowest BCUT2D eigenvalue weighted by Gasteiger charge is -2.35. The number of hydrogen-bond acceptors (Lipinski definition) is 3. The van der Waals surface area contributed by atoms with Crippen molar-refractivity contribution in [3.8, 4) is 0 Å². The summed E-state index contributed by atoms with van der Waals surface area (Å²) in [6, 6.07) is 7.34. The second-order valence-electron chi connectivity index (χ2n) is 6.59. The van der Waals surface area contributed by atoms with Gasteiger partial charge in [0.15, 0.2) is 0 Å². The normalized spacial score (nSPS) is 27.6. The average Bonchev–Trinajstić information content (AvgIpc) is 2.97. The Morgan fingerprint density at radius 2 is 2.19 bits per heavy atom. The predicted octanol–water partition coefficient (Wildman–Crippen LogP) is 2.21. The Balaban J connectivity index is 1.64. The van der Waals surface area contributed by atoms with E-state index < -0.39 is 0 Å². The number of amides is 1. The zero-order chi connectivity index (χ0) is 15.0. The largest absolute Gasteiger partial charge is 0.324 e. The highest BCUT2D eigenvalue weighted by atomic mass is 35.5. The third-order valence-corrected chi connectivity index (χ3v) is 5.33. The molecule has 0 aliphatic carbocycles. The molecular formula is C16H22ClN3O. The van der Waals surface area contributed by atoms with Crippen LogP contribution in [0.15, 0.2) is 24.3 Å². The van der Waals surface area contributed by atoms with Crippen LogP contribution in [-0.2, 0) is 4.79 Å². The summed E-state index contributed by atoms with van der Waals surface area (Å²) in [5, 5.41) is 6.95. The molecule has 2 fully saturated rings. The number of para-hydroxylation sites is 1. The zero-order valence-electron chi connectivity index (χ0n) is 12.5. The van der Waals surface area contributed by atoms with E-state index in [1.165, 1.54) is 0 Å². The summed E-state index contributed by atoms with van der Waals surface area (Å²) in [4.78, 5) is 14.6. The molecule has 2 unspecified atom stereocenters. The summed E-state index contributed by atoms with van der Waals surface area (Å²) < 4.78 is 0. The van der Waals surface area contributed by atoms with E-state index in [0.29, 0.717) is 29.1 Å². The average molecular weight is 308 g/mol. The monoisotopic (exact) mass is 307 g/mol. The number of halogens is 1. The topological polar surface area (TPSA) is 44.4 Å². The van der Waals surface area contributed by atoms with Gasteiger partial charge in [0.25, 0.3) is 0 Å². The van der Waals surface area contributed by atoms with Gasteiger partial charge in [0, 0.05) is 18.6 Å². The minimum Gasteiger partial charge on any atom is -0.324 e. The fourth-order valence-corrected chi connectivity index (χ4v) is 3.88. The van der Waals surface area contributed by atoms with Crippen molar-refractivity contribution in [1.29, 1.82) is 0 Å². The standard InChI is InChI=1S/C16H22ClN3O/c1-16(2)12-8-18-7-11(12)9-20(16)10-15(21)19-14-6-4-3-5-13(14)17/h3-6,11-12,18H,7-10H2,1-2H3,(H,19,21). The number of benzene rings is 1. The van der Waals surface area contributed by atoms with Crippen LogP contribution in [0.5, 0.6) is 0 Å². The first kappa shape index (κ1) is 14.8. The minimum atomic E-state index is 0.00380. The molecule has 0 bridgehead atoms. The Bertz CT molecular complexity index is 546. The van der Waals surface area contributed by atoms with E-state index in [2.05, 4.69) is 29.4 Å². The second-order valence-corrected chi connectivity index (χ2v) is 6.99. The molecule has 0 spiro atoms. The van der Waals surface area contributed by atoms with Crippen LogP contribution in [0.2, 0.25) is 5.02 Å². The Morgan fingerprint density at radius 1 is 1.43 bits per heavy atom. The van der Waals surface area contributed by atoms with Gasteiger partial charge in [0.1, 0.15) is 0 Å². The summed E-state index contributed by atoms with van der Waals surface area (Å²) >= 11 is 6.08. The third kappa shape index (κ3) is 2.80. The number of likely N-dealkylation sites (tertiary alicyclic amines) is 1. The maximum Gasteiger partial charge on any atom is 0.238 e. The van der Waals surface area contributed by atoms with E-state index >= 15 is 0 Å². The third-order valence-electron chi connectivity index (χ3n) is 5.00. The van der Waals surface area contributed by atoms with Crippen LogP contribution >= 0.6 is 11.6 Å². The quantitative estimate of drug-likeness (QED) is 0.900. The number of rotatable bonds is 3. The molecule has 0 aromatic heterocycles. The molecule has 0 radical (unpaired) electrons. The lowest BCUT2D eigenvalue weighted by atomic mass is 9.85. The number of nitrogens with one attached hydrogen (secondary N) is 2. The van der Waals surface area contributed by atoms with Gasteiger partial charge in [-0.15, -0.1) is 0 Å². The molecule has 1 aromatic rings. The molecule has 21 heavy (non-hydrogen) atoms. The molecule has 2 saturated heterocycles. The minimum absolute atomic E-state index is 0.00380. The summed E-state index contributed by atoms with van der Waals surface area (Å²) in [7, 11) is 0. The van der Waals surface area contributed by atoms with Crippen molar-refractivity contribution in [2.24, 2.45) is 11.8 Å². The molecular weight excluding hydrogens is 286 g/mol. The molecule has 4 nitrogen and oxygen atoms in total. The van der Waals surface area contributed by atoms with Crippen molar-refractivity contribution in [2.75, 3.05) is 31.5 Å². The maximum atomic E-state index is 12.3. The van der Waals surface area contributed by atoms with Crippen molar-refractivity contribution in [3.63, 3.8) is 0 Å². The number of hydrogen-bond donors (Lipinski definition) is 2. The first-order valence-corrected chi connectivity index (χ1v) is 7.86. The van der Waals surface area contributed by atoms with Crippen LogP contribution in [0.4, 0.5) is 5.69 Å². The lowest BCUT2D eigenvalue weighted by Crippen LogP contribution is -2.47. The zero-order valence-corrected chi connectivity index (χ0v) is 13.3. The molecule has 5 heteroatoms. The van der Waals surface area contributed by atoms with Crippen molar-refractivity contribution < 1.29 is 4.79 Å². The number of nitrogens with zero attached hydrogens (tertiary/aromatic N) is 1. The predicted molar refractivity (Wildman–Crippen MR) is 85.6 cm³/mol. The van der Waals surface area contributed by atoms with Crippen molar-refractivity contribution in [3.05, 3.63) is 29.3 Å². The summed E-state index contributed by atoms with van der Waals surface area (Å²) in [5.41, 5.74) is 0.745. The van der Waals surface area contributed by atoms with Gasteiger partial charge in [-0.25, -0.2) is 0 Å². The fraction of sp³-hybridized carbons (Fsp3) is 0.562. The summed E-state index contributed by atoms with van der Waals surface area (Å²) in [5.74, 6) is 1.29. The molecule has 3 rings (SSSR count). The SMILES string of the molecule is CC1(C)C2CNCC2CN1CC(=O)Nc1ccccc1Cl. The van der Waals surface area contributed by atoms with Crippen molar-refractivity contribution >= 4 is 23.2 Å². The fourth-order valence-electron chi connectivity index (χ4n) is 3.70. The molecule has 0 saturated carbocycles. The van der Waals surface area contributed by atoms with E-state index in [-0.39, 0.29) is 11.4 Å². The van der Waals surface area contributed by atoms with Crippen LogP contribution in [0.3, 0.4) is 0 Å². The van der Waals surface area contributed by atoms with Crippen molar-refractivity contribution in [2.45, 2.75) is 19.4 Å². The van der Waals surface area contributed by atoms with Crippen LogP contribution in [0.25, 0.3) is 0 Å². The highest BCUT2D eigenvalue weighted by Gasteiger charge is 2.49. The number of carbonyl (C=O) groups is 1. The second kappa shape index (κ2) is 5.59. The Labute approximate surface area is 130 Å². The van der Waals surface area contributed by atoms with Crippen LogP contribution < -0.4 is 10.6 Å². The van der Waals surface area contributed by atoms with Crippen molar-refractivity contribution in [1.82, 2.24) is 10.2 Å². The molecule has 2 heterocycles. The number of carbonyl (C=O) groups excluding carboxylic acids is 1. The summed E-state index contributed by atoms with van der Waals surface area (Å²) in [6.07, 6.45) is 0. The van der Waals surface area contributed by atoms with Gasteiger partial charge < -0.3 is 10.6 Å². The van der Waals surface area contributed by atoms with E-state index in [4.69, 9.17) is 11.6 Å². The van der Waals surface area contributed by atoms with Gasteiger partial charge in [0.05, 0.1) is 17.3 Å². The van der Waals surface area contributed by atoms with Gasteiger partial charge in [-0.2, -0.15) is 0 Å². The lowest BCUT2D eigenvalue weighted by molar-refractivity contribution is -0.118. The highest BCUT2D eigenvalue weighted by molar-refractivity contribution is 6.33. The molecule has 114 valence electrons. The first-order valence-electron chi connectivity index (χ1n) is 7.48. The van der Waals surface area contributed by atoms with Gasteiger partial charge in [-0.3, -0.25) is 9.69 Å². The Kier molecular flexibility index (Phi) is 3.95. The molecule has 2 aliphatic rings. The molecule has 2 N–H and O–H groups in total. The van der Waals surface area contributed by atoms with Gasteiger partial charge in [0.2, 0.25) is 5.91 Å². The van der Waals surface area contributed by atoms with Gasteiger partial charge in [-0.1, -0.05) is 23.7 Å². The molecule has 2 atom stereocenters. The Hall–Kier alpha value is -1.10. The van der Waals surface area contributed by atoms with E-state index in [0.717, 1.165) is 19.6 Å². The van der Waals surface area contributed by atoms with Crippen LogP contribution in [-0.4, -0.2) is 42.5 Å². The number of anilines is 1. The first-order chi connectivity index (χ1) is 9.98. The van der Waals surface area contributed by atoms with Gasteiger partial charge in [-0.05, 0) is 44.4 Å². The molecule has 2 aliphatic heterocycles. The smallest absolute Gasteiger partial charge is 0.238 e. The van der Waals surface area contributed by atoms with Gasteiger partial charge >= 0.3 is 0 Å². The van der Waals surface area contributed by atoms with E-state index in [1.807, 2.05) is 18.2 Å².